The Labute approximate surface area is 124 Å². The third-order valence-corrected chi connectivity index (χ3v) is 2.71. The molecule has 1 saturated heterocycles. The minimum Gasteiger partial charge on any atom is -0.444 e. The quantitative estimate of drug-likeness (QED) is 0.798. The van der Waals surface area contributed by atoms with E-state index in [2.05, 4.69) is 15.2 Å². The lowest BCUT2D eigenvalue weighted by Gasteiger charge is -2.35. The maximum atomic E-state index is 11.9. The number of hydrogen-bond acceptors (Lipinski definition) is 6. The van der Waals surface area contributed by atoms with E-state index < -0.39 is 5.60 Å². The highest BCUT2D eigenvalue weighted by molar-refractivity contribution is 5.85. The number of carbonyl (C=O) groups is 1. The highest BCUT2D eigenvalue weighted by Gasteiger charge is 2.26. The summed E-state index contributed by atoms with van der Waals surface area (Å²) < 4.78 is 5.33. The van der Waals surface area contributed by atoms with Crippen molar-refractivity contribution in [3.05, 3.63) is 0 Å². The van der Waals surface area contributed by atoms with Crippen LogP contribution in [0.15, 0.2) is 0 Å². The van der Waals surface area contributed by atoms with Crippen molar-refractivity contribution in [3.8, 4) is 0 Å². The number of nitrogens with two attached hydrogens (primary N) is 1. The molecule has 20 heavy (non-hydrogen) atoms. The molecule has 8 nitrogen and oxygen atoms in total. The normalized spacial score (nSPS) is 15.8. The first-order chi connectivity index (χ1) is 8.85. The maximum Gasteiger partial charge on any atom is 0.410 e. The fraction of sp³-hybridized carbons (Fsp3) is 0.727. The van der Waals surface area contributed by atoms with Gasteiger partial charge in [0.1, 0.15) is 5.60 Å². The summed E-state index contributed by atoms with van der Waals surface area (Å²) in [6.45, 7) is 8.08. The molecule has 0 unspecified atom stereocenters. The third kappa shape index (κ3) is 4.16. The van der Waals surface area contributed by atoms with Crippen molar-refractivity contribution in [3.63, 3.8) is 0 Å². The van der Waals surface area contributed by atoms with E-state index in [0.717, 1.165) is 0 Å². The molecule has 3 N–H and O–H groups in total. The number of amides is 1. The number of aromatic amines is 1. The summed E-state index contributed by atoms with van der Waals surface area (Å²) in [5.74, 6) is 0.867. The molecule has 114 valence electrons. The number of halogens is 1. The number of carbonyl (C=O) groups excluding carboxylic acids is 1. The SMILES string of the molecule is CC(C)(C)OC(=O)N1CCN(c2n[nH]c(N)n2)CC1.Cl. The van der Waals surface area contributed by atoms with Crippen LogP contribution in [0.2, 0.25) is 0 Å². The monoisotopic (exact) mass is 304 g/mol. The van der Waals surface area contributed by atoms with Crippen LogP contribution in [0.5, 0.6) is 0 Å². The van der Waals surface area contributed by atoms with E-state index in [1.165, 1.54) is 0 Å². The summed E-state index contributed by atoms with van der Waals surface area (Å²) in [7, 11) is 0. The Kier molecular flexibility index (Phi) is 5.04. The van der Waals surface area contributed by atoms with Crippen molar-refractivity contribution in [2.24, 2.45) is 0 Å². The molecule has 0 saturated carbocycles. The van der Waals surface area contributed by atoms with Crippen LogP contribution in [0.1, 0.15) is 20.8 Å². The molecule has 1 fully saturated rings. The van der Waals surface area contributed by atoms with Gasteiger partial charge in [0, 0.05) is 26.2 Å². The summed E-state index contributed by atoms with van der Waals surface area (Å²) in [6.07, 6.45) is -0.276. The molecule has 1 aromatic heterocycles. The van der Waals surface area contributed by atoms with Crippen molar-refractivity contribution in [2.45, 2.75) is 26.4 Å². The Morgan fingerprint density at radius 1 is 1.30 bits per heavy atom. The van der Waals surface area contributed by atoms with Crippen LogP contribution in [-0.4, -0.2) is 58.0 Å². The molecule has 1 aromatic rings. The van der Waals surface area contributed by atoms with E-state index in [0.29, 0.717) is 38.1 Å². The fourth-order valence-corrected chi connectivity index (χ4v) is 1.82. The van der Waals surface area contributed by atoms with Crippen LogP contribution in [-0.2, 0) is 4.74 Å². The molecule has 0 aliphatic carbocycles. The lowest BCUT2D eigenvalue weighted by atomic mass is 10.2. The predicted molar refractivity (Wildman–Crippen MR) is 78.1 cm³/mol. The Balaban J connectivity index is 0.00000200. The first-order valence-corrected chi connectivity index (χ1v) is 6.26. The number of nitrogens with one attached hydrogen (secondary N) is 1. The number of hydrogen-bond donors (Lipinski definition) is 2. The van der Waals surface area contributed by atoms with Gasteiger partial charge in [0.15, 0.2) is 0 Å². The van der Waals surface area contributed by atoms with Crippen LogP contribution in [0.3, 0.4) is 0 Å². The Hall–Kier alpha value is -1.70. The van der Waals surface area contributed by atoms with Crippen LogP contribution >= 0.6 is 12.4 Å². The van der Waals surface area contributed by atoms with Crippen molar-refractivity contribution < 1.29 is 9.53 Å². The minimum atomic E-state index is -0.466. The number of H-pyrrole nitrogens is 1. The van der Waals surface area contributed by atoms with Crippen molar-refractivity contribution in [1.29, 1.82) is 0 Å². The highest BCUT2D eigenvalue weighted by Crippen LogP contribution is 2.14. The lowest BCUT2D eigenvalue weighted by molar-refractivity contribution is 0.0240. The molecular weight excluding hydrogens is 284 g/mol. The van der Waals surface area contributed by atoms with Crippen molar-refractivity contribution in [2.75, 3.05) is 36.8 Å². The van der Waals surface area contributed by atoms with E-state index in [1.807, 2.05) is 25.7 Å². The molecule has 1 aliphatic rings. The van der Waals surface area contributed by atoms with Crippen molar-refractivity contribution in [1.82, 2.24) is 20.1 Å². The van der Waals surface area contributed by atoms with Gasteiger partial charge in [-0.3, -0.25) is 0 Å². The number of nitrogens with zero attached hydrogens (tertiary/aromatic N) is 4. The van der Waals surface area contributed by atoms with Gasteiger partial charge in [0.25, 0.3) is 0 Å². The molecule has 2 rings (SSSR count). The lowest BCUT2D eigenvalue weighted by Crippen LogP contribution is -2.50. The van der Waals surface area contributed by atoms with Gasteiger partial charge in [0.05, 0.1) is 0 Å². The van der Waals surface area contributed by atoms with Crippen LogP contribution in [0.25, 0.3) is 0 Å². The Morgan fingerprint density at radius 2 is 1.90 bits per heavy atom. The molecule has 0 aromatic carbocycles. The molecule has 9 heteroatoms. The summed E-state index contributed by atoms with van der Waals surface area (Å²) in [5, 5.41) is 6.60. The van der Waals surface area contributed by atoms with E-state index >= 15 is 0 Å². The number of ether oxygens (including phenoxy) is 1. The van der Waals surface area contributed by atoms with Gasteiger partial charge in [-0.1, -0.05) is 0 Å². The number of aromatic nitrogens is 3. The van der Waals surface area contributed by atoms with Crippen LogP contribution in [0, 0.1) is 0 Å². The average molecular weight is 305 g/mol. The van der Waals surface area contributed by atoms with Gasteiger partial charge in [-0.15, -0.1) is 17.5 Å². The maximum absolute atomic E-state index is 11.9. The second-order valence-electron chi connectivity index (χ2n) is 5.48. The van der Waals surface area contributed by atoms with E-state index in [4.69, 9.17) is 10.5 Å². The Bertz CT molecular complexity index is 450. The van der Waals surface area contributed by atoms with Gasteiger partial charge < -0.3 is 20.3 Å². The van der Waals surface area contributed by atoms with Gasteiger partial charge in [0.2, 0.25) is 11.9 Å². The van der Waals surface area contributed by atoms with Gasteiger partial charge in [-0.2, -0.15) is 4.98 Å². The molecule has 0 spiro atoms. The topological polar surface area (TPSA) is 100 Å². The average Bonchev–Trinajstić information content (AvgIpc) is 2.74. The summed E-state index contributed by atoms with van der Waals surface area (Å²) in [4.78, 5) is 19.6. The number of anilines is 2. The van der Waals surface area contributed by atoms with Crippen molar-refractivity contribution >= 4 is 30.4 Å². The Morgan fingerprint density at radius 3 is 2.35 bits per heavy atom. The summed E-state index contributed by atoms with van der Waals surface area (Å²) in [5.41, 5.74) is 5.02. The zero-order valence-corrected chi connectivity index (χ0v) is 12.7. The van der Waals surface area contributed by atoms with E-state index in [-0.39, 0.29) is 18.5 Å². The number of piperazine rings is 1. The summed E-state index contributed by atoms with van der Waals surface area (Å²) in [6, 6.07) is 0. The molecule has 1 aliphatic heterocycles. The second kappa shape index (κ2) is 6.17. The smallest absolute Gasteiger partial charge is 0.410 e. The number of rotatable bonds is 1. The highest BCUT2D eigenvalue weighted by atomic mass is 35.5. The molecule has 2 heterocycles. The third-order valence-electron chi connectivity index (χ3n) is 2.71. The molecule has 0 radical (unpaired) electrons. The fourth-order valence-electron chi connectivity index (χ4n) is 1.82. The van der Waals surface area contributed by atoms with Crippen LogP contribution in [0.4, 0.5) is 16.7 Å². The molecule has 1 amide bonds. The first kappa shape index (κ1) is 16.4. The molecule has 0 bridgehead atoms. The van der Waals surface area contributed by atoms with Gasteiger partial charge >= 0.3 is 6.09 Å². The largest absolute Gasteiger partial charge is 0.444 e. The summed E-state index contributed by atoms with van der Waals surface area (Å²) >= 11 is 0. The van der Waals surface area contributed by atoms with E-state index in [9.17, 15) is 4.79 Å². The van der Waals surface area contributed by atoms with E-state index in [1.54, 1.807) is 4.90 Å². The molecular formula is C11H21ClN6O2. The number of nitrogen functional groups attached to an aromatic ring is 1. The van der Waals surface area contributed by atoms with Gasteiger partial charge in [-0.05, 0) is 20.8 Å². The van der Waals surface area contributed by atoms with Gasteiger partial charge in [-0.25, -0.2) is 9.89 Å². The van der Waals surface area contributed by atoms with Crippen LogP contribution < -0.4 is 10.6 Å². The standard InChI is InChI=1S/C11H20N6O2.ClH/c1-11(2,3)19-10(18)17-6-4-16(5-7-17)9-13-8(12)14-15-9;/h4-7H2,1-3H3,(H3,12,13,14,15);1H. The zero-order chi connectivity index (χ0) is 14.0. The minimum absolute atomic E-state index is 0. The second-order valence-corrected chi connectivity index (χ2v) is 5.48. The first-order valence-electron chi connectivity index (χ1n) is 6.26. The molecule has 0 atom stereocenters. The predicted octanol–water partition coefficient (Wildman–Crippen LogP) is 0.866. The zero-order valence-electron chi connectivity index (χ0n) is 11.9.